The third-order valence-electron chi connectivity index (χ3n) is 3.05. The second-order valence-corrected chi connectivity index (χ2v) is 5.89. The third kappa shape index (κ3) is 5.34. The number of ether oxygens (including phenoxy) is 1. The maximum atomic E-state index is 12.0. The standard InChI is InChI=1S/C17H16IN3O3/c1-24-13-8-6-12(7-9-13)10-20-21-16(22)11-19-17(23)14-4-2-3-5-15(14)18/h2-10H,11H2,1H3,(H,19,23)(H,21,22)/b20-10+. The first-order chi connectivity index (χ1) is 11.6. The minimum atomic E-state index is -0.404. The van der Waals surface area contributed by atoms with E-state index in [0.717, 1.165) is 14.9 Å². The Bertz CT molecular complexity index is 745. The van der Waals surface area contributed by atoms with Crippen LogP contribution in [0.4, 0.5) is 0 Å². The lowest BCUT2D eigenvalue weighted by molar-refractivity contribution is -0.120. The highest BCUT2D eigenvalue weighted by molar-refractivity contribution is 14.1. The van der Waals surface area contributed by atoms with E-state index in [-0.39, 0.29) is 12.5 Å². The first-order valence-electron chi connectivity index (χ1n) is 7.09. The number of hydrogen-bond donors (Lipinski definition) is 2. The Labute approximate surface area is 153 Å². The first kappa shape index (κ1) is 17.9. The van der Waals surface area contributed by atoms with Gasteiger partial charge in [-0.1, -0.05) is 12.1 Å². The molecule has 0 radical (unpaired) electrons. The van der Waals surface area contributed by atoms with Crippen LogP contribution in [0.15, 0.2) is 53.6 Å². The van der Waals surface area contributed by atoms with Crippen molar-refractivity contribution in [3.8, 4) is 5.75 Å². The number of benzene rings is 2. The number of nitrogens with zero attached hydrogens (tertiary/aromatic N) is 1. The fourth-order valence-corrected chi connectivity index (χ4v) is 2.44. The van der Waals surface area contributed by atoms with E-state index < -0.39 is 5.91 Å². The topological polar surface area (TPSA) is 79.8 Å². The monoisotopic (exact) mass is 437 g/mol. The number of carbonyl (C=O) groups excluding carboxylic acids is 2. The van der Waals surface area contributed by atoms with E-state index in [1.807, 2.05) is 24.3 Å². The van der Waals surface area contributed by atoms with Crippen molar-refractivity contribution in [2.75, 3.05) is 13.7 Å². The molecule has 0 aliphatic rings. The average Bonchev–Trinajstić information content (AvgIpc) is 2.60. The largest absolute Gasteiger partial charge is 0.497 e. The van der Waals surface area contributed by atoms with Crippen molar-refractivity contribution in [1.82, 2.24) is 10.7 Å². The van der Waals surface area contributed by atoms with E-state index in [4.69, 9.17) is 4.74 Å². The zero-order valence-corrected chi connectivity index (χ0v) is 15.1. The Morgan fingerprint density at radius 2 is 1.88 bits per heavy atom. The third-order valence-corrected chi connectivity index (χ3v) is 3.99. The van der Waals surface area contributed by atoms with Gasteiger partial charge in [-0.3, -0.25) is 9.59 Å². The highest BCUT2D eigenvalue weighted by Crippen LogP contribution is 2.11. The molecule has 2 aromatic carbocycles. The molecule has 0 heterocycles. The lowest BCUT2D eigenvalue weighted by atomic mass is 10.2. The Hall–Kier alpha value is -2.42. The summed E-state index contributed by atoms with van der Waals surface area (Å²) in [5, 5.41) is 6.40. The van der Waals surface area contributed by atoms with Gasteiger partial charge < -0.3 is 10.1 Å². The molecule has 0 unspecified atom stereocenters. The van der Waals surface area contributed by atoms with Crippen LogP contribution in [0.2, 0.25) is 0 Å². The number of carbonyl (C=O) groups is 2. The van der Waals surface area contributed by atoms with Gasteiger partial charge in [0.05, 0.1) is 25.4 Å². The van der Waals surface area contributed by atoms with Gasteiger partial charge >= 0.3 is 0 Å². The number of rotatable bonds is 6. The summed E-state index contributed by atoms with van der Waals surface area (Å²) in [7, 11) is 1.59. The summed E-state index contributed by atoms with van der Waals surface area (Å²) < 4.78 is 5.88. The SMILES string of the molecule is COc1ccc(/C=N/NC(=O)CNC(=O)c2ccccc2I)cc1. The summed E-state index contributed by atoms with van der Waals surface area (Å²) in [5.41, 5.74) is 3.72. The second-order valence-electron chi connectivity index (χ2n) is 4.73. The fraction of sp³-hybridized carbons (Fsp3) is 0.118. The van der Waals surface area contributed by atoms with Gasteiger partial charge in [-0.2, -0.15) is 5.10 Å². The Balaban J connectivity index is 1.79. The number of halogens is 1. The van der Waals surface area contributed by atoms with Crippen LogP contribution in [-0.4, -0.2) is 31.7 Å². The fourth-order valence-electron chi connectivity index (χ4n) is 1.81. The number of amides is 2. The number of hydrogen-bond acceptors (Lipinski definition) is 4. The molecule has 0 aliphatic carbocycles. The van der Waals surface area contributed by atoms with Crippen molar-refractivity contribution in [2.24, 2.45) is 5.10 Å². The van der Waals surface area contributed by atoms with Crippen molar-refractivity contribution in [1.29, 1.82) is 0 Å². The number of methoxy groups -OCH3 is 1. The minimum Gasteiger partial charge on any atom is -0.497 e. The van der Waals surface area contributed by atoms with E-state index >= 15 is 0 Å². The maximum absolute atomic E-state index is 12.0. The maximum Gasteiger partial charge on any atom is 0.259 e. The summed E-state index contributed by atoms with van der Waals surface area (Å²) in [6.45, 7) is -0.149. The van der Waals surface area contributed by atoms with E-state index in [1.165, 1.54) is 6.21 Å². The molecule has 0 bridgehead atoms. The second kappa shape index (κ2) is 9.02. The molecule has 24 heavy (non-hydrogen) atoms. The molecule has 0 saturated heterocycles. The Kier molecular flexibility index (Phi) is 6.74. The molecule has 7 heteroatoms. The van der Waals surface area contributed by atoms with Gasteiger partial charge in [0.15, 0.2) is 0 Å². The number of hydrazone groups is 1. The van der Waals surface area contributed by atoms with Gasteiger partial charge in [-0.25, -0.2) is 5.43 Å². The zero-order chi connectivity index (χ0) is 17.4. The Morgan fingerprint density at radius 3 is 2.54 bits per heavy atom. The summed E-state index contributed by atoms with van der Waals surface area (Å²) in [4.78, 5) is 23.7. The molecule has 2 N–H and O–H groups in total. The van der Waals surface area contributed by atoms with Gasteiger partial charge in [0.2, 0.25) is 0 Å². The molecule has 124 valence electrons. The summed E-state index contributed by atoms with van der Waals surface area (Å²) in [5.74, 6) is 0.0442. The molecule has 0 atom stereocenters. The van der Waals surface area contributed by atoms with Crippen LogP contribution in [0.3, 0.4) is 0 Å². The van der Waals surface area contributed by atoms with Crippen LogP contribution in [0.25, 0.3) is 0 Å². The van der Waals surface area contributed by atoms with Gasteiger partial charge in [0.1, 0.15) is 5.75 Å². The molecule has 2 amide bonds. The quantitative estimate of drug-likeness (QED) is 0.413. The lowest BCUT2D eigenvalue weighted by Gasteiger charge is -2.05. The van der Waals surface area contributed by atoms with Gasteiger partial charge in [0, 0.05) is 3.57 Å². The van der Waals surface area contributed by atoms with Crippen molar-refractivity contribution >= 4 is 40.6 Å². The average molecular weight is 437 g/mol. The zero-order valence-electron chi connectivity index (χ0n) is 13.0. The summed E-state index contributed by atoms with van der Waals surface area (Å²) in [6.07, 6.45) is 1.51. The van der Waals surface area contributed by atoms with Crippen LogP contribution in [0.1, 0.15) is 15.9 Å². The van der Waals surface area contributed by atoms with Crippen molar-refractivity contribution in [2.45, 2.75) is 0 Å². The molecule has 6 nitrogen and oxygen atoms in total. The van der Waals surface area contributed by atoms with E-state index in [2.05, 4.69) is 38.4 Å². The lowest BCUT2D eigenvalue weighted by Crippen LogP contribution is -2.35. The molecule has 0 spiro atoms. The first-order valence-corrected chi connectivity index (χ1v) is 8.16. The van der Waals surface area contributed by atoms with Crippen LogP contribution in [0, 0.1) is 3.57 Å². The summed E-state index contributed by atoms with van der Waals surface area (Å²) >= 11 is 2.07. The van der Waals surface area contributed by atoms with Crippen LogP contribution < -0.4 is 15.5 Å². The van der Waals surface area contributed by atoms with E-state index in [1.54, 1.807) is 31.4 Å². The van der Waals surface area contributed by atoms with Crippen LogP contribution >= 0.6 is 22.6 Å². The molecule has 0 aromatic heterocycles. The molecular weight excluding hydrogens is 421 g/mol. The van der Waals surface area contributed by atoms with Gasteiger partial charge in [-0.05, 0) is 64.6 Å². The Morgan fingerprint density at radius 1 is 1.17 bits per heavy atom. The molecule has 2 rings (SSSR count). The van der Waals surface area contributed by atoms with Gasteiger partial charge in [0.25, 0.3) is 11.8 Å². The van der Waals surface area contributed by atoms with Crippen molar-refractivity contribution in [3.05, 3.63) is 63.2 Å². The van der Waals surface area contributed by atoms with E-state index in [0.29, 0.717) is 5.56 Å². The van der Waals surface area contributed by atoms with E-state index in [9.17, 15) is 9.59 Å². The van der Waals surface area contributed by atoms with Crippen LogP contribution in [0.5, 0.6) is 5.75 Å². The predicted molar refractivity (Wildman–Crippen MR) is 100 cm³/mol. The molecule has 0 saturated carbocycles. The minimum absolute atomic E-state index is 0.149. The van der Waals surface area contributed by atoms with Crippen molar-refractivity contribution in [3.63, 3.8) is 0 Å². The predicted octanol–water partition coefficient (Wildman–Crippen LogP) is 2.18. The highest BCUT2D eigenvalue weighted by atomic mass is 127. The normalized spacial score (nSPS) is 10.4. The molecular formula is C17H16IN3O3. The smallest absolute Gasteiger partial charge is 0.259 e. The molecule has 0 aliphatic heterocycles. The summed E-state index contributed by atoms with van der Waals surface area (Å²) in [6, 6.07) is 14.4. The van der Waals surface area contributed by atoms with Crippen molar-refractivity contribution < 1.29 is 14.3 Å². The highest BCUT2D eigenvalue weighted by Gasteiger charge is 2.10. The molecule has 2 aromatic rings. The number of nitrogens with one attached hydrogen (secondary N) is 2. The van der Waals surface area contributed by atoms with Crippen LogP contribution in [-0.2, 0) is 4.79 Å². The molecule has 0 fully saturated rings. The van der Waals surface area contributed by atoms with Gasteiger partial charge in [-0.15, -0.1) is 0 Å².